The lowest BCUT2D eigenvalue weighted by Crippen LogP contribution is -2.09. The van der Waals surface area contributed by atoms with Gasteiger partial charge in [-0.05, 0) is 25.1 Å². The normalized spacial score (nSPS) is 12.0. The minimum Gasteiger partial charge on any atom is -0.497 e. The van der Waals surface area contributed by atoms with Gasteiger partial charge in [0.15, 0.2) is 0 Å². The molecule has 1 aromatic carbocycles. The van der Waals surface area contributed by atoms with Gasteiger partial charge in [0.25, 0.3) is 0 Å². The first kappa shape index (κ1) is 13.6. The van der Waals surface area contributed by atoms with Crippen LogP contribution in [-0.4, -0.2) is 12.1 Å². The number of ether oxygens (including phenoxy) is 1. The van der Waals surface area contributed by atoms with Gasteiger partial charge in [-0.1, -0.05) is 23.7 Å². The summed E-state index contributed by atoms with van der Waals surface area (Å²) in [4.78, 5) is 4.11. The number of methoxy groups -OCH3 is 1. The second kappa shape index (κ2) is 5.89. The molecule has 100 valence electrons. The molecule has 0 amide bonds. The van der Waals surface area contributed by atoms with Crippen LogP contribution < -0.4 is 10.1 Å². The topological polar surface area (TPSA) is 34.1 Å². The zero-order valence-corrected chi connectivity index (χ0v) is 11.4. The number of aromatic nitrogens is 1. The molecule has 0 aliphatic carbocycles. The van der Waals surface area contributed by atoms with Gasteiger partial charge in [-0.3, -0.25) is 0 Å². The van der Waals surface area contributed by atoms with E-state index in [4.69, 9.17) is 16.3 Å². The highest BCUT2D eigenvalue weighted by molar-refractivity contribution is 6.29. The van der Waals surface area contributed by atoms with Crippen molar-refractivity contribution in [2.75, 3.05) is 12.4 Å². The molecule has 1 atom stereocenters. The van der Waals surface area contributed by atoms with Crippen LogP contribution in [0.3, 0.4) is 0 Å². The minimum atomic E-state index is -0.318. The fourth-order valence-corrected chi connectivity index (χ4v) is 1.94. The summed E-state index contributed by atoms with van der Waals surface area (Å²) in [6, 6.07) is 9.80. The smallest absolute Gasteiger partial charge is 0.132 e. The van der Waals surface area contributed by atoms with E-state index in [1.165, 1.54) is 13.2 Å². The highest BCUT2D eigenvalue weighted by Gasteiger charge is 2.12. The Hall–Kier alpha value is -1.81. The van der Waals surface area contributed by atoms with E-state index in [1.807, 2.05) is 6.92 Å². The third kappa shape index (κ3) is 3.35. The van der Waals surface area contributed by atoms with Crippen LogP contribution in [0.5, 0.6) is 5.75 Å². The fourth-order valence-electron chi connectivity index (χ4n) is 1.77. The Balaban J connectivity index is 2.18. The maximum atomic E-state index is 13.9. The first-order chi connectivity index (χ1) is 9.10. The average Bonchev–Trinajstić information content (AvgIpc) is 2.38. The maximum absolute atomic E-state index is 13.9. The van der Waals surface area contributed by atoms with Crippen LogP contribution in [0.1, 0.15) is 18.5 Å². The van der Waals surface area contributed by atoms with Gasteiger partial charge in [-0.15, -0.1) is 0 Å². The predicted molar refractivity (Wildman–Crippen MR) is 74.2 cm³/mol. The van der Waals surface area contributed by atoms with Gasteiger partial charge in [0.05, 0.1) is 13.2 Å². The van der Waals surface area contributed by atoms with Crippen LogP contribution in [0.15, 0.2) is 36.4 Å². The van der Waals surface area contributed by atoms with E-state index >= 15 is 0 Å². The van der Waals surface area contributed by atoms with Crippen molar-refractivity contribution in [3.8, 4) is 5.75 Å². The Morgan fingerprint density at radius 1 is 1.32 bits per heavy atom. The lowest BCUT2D eigenvalue weighted by Gasteiger charge is -2.16. The Morgan fingerprint density at radius 2 is 2.11 bits per heavy atom. The van der Waals surface area contributed by atoms with E-state index in [0.717, 1.165) is 0 Å². The molecule has 5 heteroatoms. The number of anilines is 1. The van der Waals surface area contributed by atoms with Crippen LogP contribution in [0, 0.1) is 5.82 Å². The van der Waals surface area contributed by atoms with Crippen molar-refractivity contribution >= 4 is 17.4 Å². The molecule has 0 spiro atoms. The maximum Gasteiger partial charge on any atom is 0.132 e. The van der Waals surface area contributed by atoms with Crippen molar-refractivity contribution in [3.05, 3.63) is 52.9 Å². The Bertz CT molecular complexity index is 577. The molecule has 0 bridgehead atoms. The molecule has 0 fully saturated rings. The molecule has 2 aromatic rings. The molecule has 2 rings (SSSR count). The number of pyridine rings is 1. The van der Waals surface area contributed by atoms with Gasteiger partial charge in [0.1, 0.15) is 22.5 Å². The molecule has 0 saturated carbocycles. The molecular weight excluding hydrogens is 267 g/mol. The molecule has 0 aliphatic rings. The van der Waals surface area contributed by atoms with Crippen molar-refractivity contribution in [3.63, 3.8) is 0 Å². The van der Waals surface area contributed by atoms with E-state index in [-0.39, 0.29) is 11.9 Å². The minimum absolute atomic E-state index is 0.225. The molecule has 0 radical (unpaired) electrons. The van der Waals surface area contributed by atoms with Gasteiger partial charge in [-0.25, -0.2) is 9.37 Å². The van der Waals surface area contributed by atoms with Gasteiger partial charge < -0.3 is 10.1 Å². The fraction of sp³-hybridized carbons (Fsp3) is 0.214. The van der Waals surface area contributed by atoms with Gasteiger partial charge in [-0.2, -0.15) is 0 Å². The number of halogens is 2. The summed E-state index contributed by atoms with van der Waals surface area (Å²) in [5, 5.41) is 3.50. The third-order valence-corrected chi connectivity index (χ3v) is 2.96. The highest BCUT2D eigenvalue weighted by atomic mass is 35.5. The monoisotopic (exact) mass is 280 g/mol. The Morgan fingerprint density at radius 3 is 2.74 bits per heavy atom. The van der Waals surface area contributed by atoms with Gasteiger partial charge >= 0.3 is 0 Å². The summed E-state index contributed by atoms with van der Waals surface area (Å²) in [7, 11) is 1.51. The Kier molecular flexibility index (Phi) is 4.22. The molecule has 1 heterocycles. The Labute approximate surface area is 116 Å². The summed E-state index contributed by atoms with van der Waals surface area (Å²) in [6.07, 6.45) is 0. The third-order valence-electron chi connectivity index (χ3n) is 2.75. The number of rotatable bonds is 4. The van der Waals surface area contributed by atoms with Crippen LogP contribution in [0.2, 0.25) is 5.15 Å². The van der Waals surface area contributed by atoms with E-state index in [0.29, 0.717) is 22.3 Å². The second-order valence-electron chi connectivity index (χ2n) is 4.10. The van der Waals surface area contributed by atoms with Crippen LogP contribution in [0.4, 0.5) is 10.2 Å². The second-order valence-corrected chi connectivity index (χ2v) is 4.49. The van der Waals surface area contributed by atoms with Gasteiger partial charge in [0, 0.05) is 11.6 Å². The van der Waals surface area contributed by atoms with Crippen LogP contribution in [-0.2, 0) is 0 Å². The van der Waals surface area contributed by atoms with Crippen molar-refractivity contribution in [2.24, 2.45) is 0 Å². The SMILES string of the molecule is COc1ccc(C(C)Nc2cccc(Cl)n2)c(F)c1. The quantitative estimate of drug-likeness (QED) is 0.858. The molecule has 19 heavy (non-hydrogen) atoms. The van der Waals surface area contributed by atoms with E-state index < -0.39 is 0 Å². The lowest BCUT2D eigenvalue weighted by molar-refractivity contribution is 0.410. The lowest BCUT2D eigenvalue weighted by atomic mass is 10.1. The van der Waals surface area contributed by atoms with E-state index in [2.05, 4.69) is 10.3 Å². The first-order valence-corrected chi connectivity index (χ1v) is 6.20. The van der Waals surface area contributed by atoms with E-state index in [9.17, 15) is 4.39 Å². The van der Waals surface area contributed by atoms with E-state index in [1.54, 1.807) is 30.3 Å². The summed E-state index contributed by atoms with van der Waals surface area (Å²) < 4.78 is 18.9. The van der Waals surface area contributed by atoms with Gasteiger partial charge in [0.2, 0.25) is 0 Å². The highest BCUT2D eigenvalue weighted by Crippen LogP contribution is 2.24. The number of benzene rings is 1. The summed E-state index contributed by atoms with van der Waals surface area (Å²) >= 11 is 5.80. The summed E-state index contributed by atoms with van der Waals surface area (Å²) in [5.74, 6) is 0.783. The zero-order valence-electron chi connectivity index (χ0n) is 10.7. The molecule has 1 unspecified atom stereocenters. The molecule has 1 aromatic heterocycles. The average molecular weight is 281 g/mol. The molecule has 0 aliphatic heterocycles. The number of nitrogens with one attached hydrogen (secondary N) is 1. The van der Waals surface area contributed by atoms with Crippen molar-refractivity contribution in [1.82, 2.24) is 4.98 Å². The standard InChI is InChI=1S/C14H14ClFN2O/c1-9(17-14-5-3-4-13(15)18-14)11-7-6-10(19-2)8-12(11)16/h3-9H,1-2H3,(H,17,18). The van der Waals surface area contributed by atoms with Crippen LogP contribution >= 0.6 is 11.6 Å². The largest absolute Gasteiger partial charge is 0.497 e. The summed E-state index contributed by atoms with van der Waals surface area (Å²) in [6.45, 7) is 1.85. The predicted octanol–water partition coefficient (Wildman–Crippen LogP) is 4.06. The number of hydrogen-bond acceptors (Lipinski definition) is 3. The van der Waals surface area contributed by atoms with Crippen molar-refractivity contribution in [2.45, 2.75) is 13.0 Å². The molecular formula is C14H14ClFN2O. The first-order valence-electron chi connectivity index (χ1n) is 5.82. The number of nitrogens with zero attached hydrogens (tertiary/aromatic N) is 1. The molecule has 0 saturated heterocycles. The van der Waals surface area contributed by atoms with Crippen molar-refractivity contribution < 1.29 is 9.13 Å². The number of hydrogen-bond donors (Lipinski definition) is 1. The zero-order chi connectivity index (χ0) is 13.8. The van der Waals surface area contributed by atoms with Crippen LogP contribution in [0.25, 0.3) is 0 Å². The molecule has 1 N–H and O–H groups in total. The summed E-state index contributed by atoms with van der Waals surface area (Å²) in [5.41, 5.74) is 0.544. The van der Waals surface area contributed by atoms with Crippen molar-refractivity contribution in [1.29, 1.82) is 0 Å². The molecule has 3 nitrogen and oxygen atoms in total.